The summed E-state index contributed by atoms with van der Waals surface area (Å²) >= 11 is 8.05. The second kappa shape index (κ2) is 3.80. The average Bonchev–Trinajstić information content (AvgIpc) is 3.04. The monoisotopic (exact) mass is 276 g/mol. The summed E-state index contributed by atoms with van der Waals surface area (Å²) in [4.78, 5) is 11.3. The Hall–Kier alpha value is -1.39. The molecule has 0 aliphatic heterocycles. The smallest absolute Gasteiger partial charge is 0.198 e. The summed E-state index contributed by atoms with van der Waals surface area (Å²) in [5.74, 6) is 1.23. The van der Waals surface area contributed by atoms with Gasteiger partial charge < -0.3 is 4.42 Å². The van der Waals surface area contributed by atoms with Crippen molar-refractivity contribution in [3.8, 4) is 11.6 Å². The third-order valence-electron chi connectivity index (χ3n) is 3.26. The van der Waals surface area contributed by atoms with E-state index in [1.54, 1.807) is 17.6 Å². The van der Waals surface area contributed by atoms with Gasteiger partial charge in [0.15, 0.2) is 11.6 Å². The van der Waals surface area contributed by atoms with Crippen molar-refractivity contribution in [1.29, 1.82) is 0 Å². The minimum Gasteiger partial charge on any atom is -0.461 e. The maximum atomic E-state index is 6.32. The van der Waals surface area contributed by atoms with E-state index in [2.05, 4.69) is 9.97 Å². The molecule has 1 aliphatic rings. The second-order valence-electron chi connectivity index (χ2n) is 4.35. The maximum Gasteiger partial charge on any atom is 0.198 e. The van der Waals surface area contributed by atoms with Crippen LogP contribution < -0.4 is 0 Å². The zero-order chi connectivity index (χ0) is 12.1. The Morgan fingerprint density at radius 3 is 3.06 bits per heavy atom. The molecule has 3 heterocycles. The van der Waals surface area contributed by atoms with E-state index in [9.17, 15) is 0 Å². The summed E-state index contributed by atoms with van der Waals surface area (Å²) in [6.07, 6.45) is 5.07. The van der Waals surface area contributed by atoms with Crippen LogP contribution in [0, 0.1) is 0 Å². The highest BCUT2D eigenvalue weighted by molar-refractivity contribution is 7.19. The molecule has 0 atom stereocenters. The van der Waals surface area contributed by atoms with Crippen LogP contribution in [0.25, 0.3) is 21.8 Å². The number of halogens is 1. The zero-order valence-electron chi connectivity index (χ0n) is 9.44. The molecule has 3 aromatic rings. The minimum atomic E-state index is 0.547. The SMILES string of the molecule is Clc1nc(-c2ccco2)nc2sc3c(c12)CCC3. The molecule has 3 aromatic heterocycles. The van der Waals surface area contributed by atoms with Gasteiger partial charge in [-0.1, -0.05) is 11.6 Å². The number of hydrogen-bond donors (Lipinski definition) is 0. The topological polar surface area (TPSA) is 38.9 Å². The van der Waals surface area contributed by atoms with E-state index in [-0.39, 0.29) is 0 Å². The molecule has 90 valence electrons. The first-order chi connectivity index (χ1) is 8.83. The highest BCUT2D eigenvalue weighted by atomic mass is 35.5. The summed E-state index contributed by atoms with van der Waals surface area (Å²) < 4.78 is 5.32. The van der Waals surface area contributed by atoms with E-state index in [0.29, 0.717) is 16.7 Å². The van der Waals surface area contributed by atoms with E-state index in [4.69, 9.17) is 16.0 Å². The van der Waals surface area contributed by atoms with Crippen molar-refractivity contribution in [2.75, 3.05) is 0 Å². The standard InChI is InChI=1S/C13H9ClN2OS/c14-11-10-7-3-1-5-9(7)18-13(10)16-12(15-11)8-4-2-6-17-8/h2,4,6H,1,3,5H2. The van der Waals surface area contributed by atoms with Crippen molar-refractivity contribution in [3.05, 3.63) is 34.0 Å². The van der Waals surface area contributed by atoms with Crippen LogP contribution in [0.3, 0.4) is 0 Å². The minimum absolute atomic E-state index is 0.547. The Bertz CT molecular complexity index is 733. The molecule has 0 amide bonds. The molecule has 3 nitrogen and oxygen atoms in total. The van der Waals surface area contributed by atoms with Crippen LogP contribution in [0.15, 0.2) is 22.8 Å². The number of fused-ring (bicyclic) bond motifs is 3. The van der Waals surface area contributed by atoms with Gasteiger partial charge in [0.25, 0.3) is 0 Å². The highest BCUT2D eigenvalue weighted by Gasteiger charge is 2.22. The van der Waals surface area contributed by atoms with Gasteiger partial charge >= 0.3 is 0 Å². The summed E-state index contributed by atoms with van der Waals surface area (Å²) in [6, 6.07) is 3.67. The molecule has 5 heteroatoms. The van der Waals surface area contributed by atoms with Crippen LogP contribution >= 0.6 is 22.9 Å². The first-order valence-electron chi connectivity index (χ1n) is 5.84. The van der Waals surface area contributed by atoms with Gasteiger partial charge in [-0.25, -0.2) is 9.97 Å². The third-order valence-corrected chi connectivity index (χ3v) is 4.72. The largest absolute Gasteiger partial charge is 0.461 e. The van der Waals surface area contributed by atoms with Crippen LogP contribution in [-0.2, 0) is 12.8 Å². The maximum absolute atomic E-state index is 6.32. The molecule has 0 N–H and O–H groups in total. The van der Waals surface area contributed by atoms with Gasteiger partial charge in [0, 0.05) is 4.88 Å². The molecule has 18 heavy (non-hydrogen) atoms. The fraction of sp³-hybridized carbons (Fsp3) is 0.231. The number of aryl methyl sites for hydroxylation is 2. The molecule has 0 saturated heterocycles. The van der Waals surface area contributed by atoms with Crippen molar-refractivity contribution in [2.24, 2.45) is 0 Å². The molecule has 0 fully saturated rings. The number of hydrogen-bond acceptors (Lipinski definition) is 4. The summed E-state index contributed by atoms with van der Waals surface area (Å²) in [5.41, 5.74) is 1.35. The van der Waals surface area contributed by atoms with Gasteiger partial charge in [0.2, 0.25) is 0 Å². The van der Waals surface area contributed by atoms with Gasteiger partial charge in [-0.15, -0.1) is 11.3 Å². The molecule has 0 bridgehead atoms. The summed E-state index contributed by atoms with van der Waals surface area (Å²) in [6.45, 7) is 0. The predicted octanol–water partition coefficient (Wildman–Crippen LogP) is 4.09. The molecule has 0 aromatic carbocycles. The van der Waals surface area contributed by atoms with E-state index >= 15 is 0 Å². The normalized spacial score (nSPS) is 14.3. The van der Waals surface area contributed by atoms with Crippen molar-refractivity contribution < 1.29 is 4.42 Å². The Morgan fingerprint density at radius 1 is 1.28 bits per heavy atom. The lowest BCUT2D eigenvalue weighted by Crippen LogP contribution is -1.89. The fourth-order valence-corrected chi connectivity index (χ4v) is 4.07. The number of furan rings is 1. The van der Waals surface area contributed by atoms with Gasteiger partial charge in [-0.2, -0.15) is 0 Å². The highest BCUT2D eigenvalue weighted by Crippen LogP contribution is 2.40. The van der Waals surface area contributed by atoms with E-state index in [1.165, 1.54) is 16.9 Å². The van der Waals surface area contributed by atoms with Gasteiger partial charge in [-0.05, 0) is 37.0 Å². The first-order valence-corrected chi connectivity index (χ1v) is 7.04. The molecule has 0 spiro atoms. The average molecular weight is 277 g/mol. The molecule has 1 aliphatic carbocycles. The van der Waals surface area contributed by atoms with Crippen LogP contribution in [0.2, 0.25) is 5.15 Å². The third kappa shape index (κ3) is 1.42. The number of aromatic nitrogens is 2. The molecule has 0 unspecified atom stereocenters. The van der Waals surface area contributed by atoms with Crippen molar-refractivity contribution in [3.63, 3.8) is 0 Å². The molecular formula is C13H9ClN2OS. The number of thiophene rings is 1. The lowest BCUT2D eigenvalue weighted by molar-refractivity contribution is 0.577. The Kier molecular flexibility index (Phi) is 2.22. The second-order valence-corrected chi connectivity index (χ2v) is 5.79. The predicted molar refractivity (Wildman–Crippen MR) is 72.2 cm³/mol. The van der Waals surface area contributed by atoms with Crippen molar-refractivity contribution in [1.82, 2.24) is 9.97 Å². The lowest BCUT2D eigenvalue weighted by atomic mass is 10.2. The van der Waals surface area contributed by atoms with E-state index < -0.39 is 0 Å². The molecule has 0 saturated carbocycles. The van der Waals surface area contributed by atoms with Gasteiger partial charge in [-0.3, -0.25) is 0 Å². The van der Waals surface area contributed by atoms with Gasteiger partial charge in [0.05, 0.1) is 11.6 Å². The lowest BCUT2D eigenvalue weighted by Gasteiger charge is -2.00. The Balaban J connectivity index is 2.00. The van der Waals surface area contributed by atoms with Crippen molar-refractivity contribution >= 4 is 33.2 Å². The Morgan fingerprint density at radius 2 is 2.22 bits per heavy atom. The zero-order valence-corrected chi connectivity index (χ0v) is 11.0. The number of rotatable bonds is 1. The Labute approximate surface area is 112 Å². The first kappa shape index (κ1) is 10.5. The molecular weight excluding hydrogens is 268 g/mol. The summed E-state index contributed by atoms with van der Waals surface area (Å²) in [7, 11) is 0. The molecule has 4 rings (SSSR count). The van der Waals surface area contributed by atoms with E-state index in [0.717, 1.165) is 23.1 Å². The van der Waals surface area contributed by atoms with E-state index in [1.807, 2.05) is 12.1 Å². The van der Waals surface area contributed by atoms with Gasteiger partial charge in [0.1, 0.15) is 9.98 Å². The quantitative estimate of drug-likeness (QED) is 0.628. The van der Waals surface area contributed by atoms with Crippen LogP contribution in [0.1, 0.15) is 16.9 Å². The molecule has 0 radical (unpaired) electrons. The number of nitrogens with zero attached hydrogens (tertiary/aromatic N) is 2. The van der Waals surface area contributed by atoms with Crippen LogP contribution in [-0.4, -0.2) is 9.97 Å². The van der Waals surface area contributed by atoms with Crippen LogP contribution in [0.5, 0.6) is 0 Å². The fourth-order valence-electron chi connectivity index (χ4n) is 2.47. The summed E-state index contributed by atoms with van der Waals surface area (Å²) in [5, 5.41) is 1.59. The van der Waals surface area contributed by atoms with Crippen molar-refractivity contribution in [2.45, 2.75) is 19.3 Å². The van der Waals surface area contributed by atoms with Crippen LogP contribution in [0.4, 0.5) is 0 Å².